The van der Waals surface area contributed by atoms with Gasteiger partial charge in [0.1, 0.15) is 13.2 Å². The minimum Gasteiger partial charge on any atom is -0.486 e. The molecule has 116 valence electrons. The first-order chi connectivity index (χ1) is 11.1. The van der Waals surface area contributed by atoms with E-state index in [1.165, 1.54) is 17.1 Å². The highest BCUT2D eigenvalue weighted by Gasteiger charge is 2.16. The lowest BCUT2D eigenvalue weighted by molar-refractivity contribution is 0.0697. The summed E-state index contributed by atoms with van der Waals surface area (Å²) in [5.74, 6) is 0.0150. The van der Waals surface area contributed by atoms with Crippen molar-refractivity contribution in [2.24, 2.45) is 0 Å². The van der Waals surface area contributed by atoms with E-state index in [2.05, 4.69) is 15.1 Å². The summed E-state index contributed by atoms with van der Waals surface area (Å²) in [6, 6.07) is 3.19. The Morgan fingerprint density at radius 3 is 2.70 bits per heavy atom. The Bertz CT molecular complexity index is 990. The van der Waals surface area contributed by atoms with Gasteiger partial charge in [-0.1, -0.05) is 0 Å². The number of carboxylic acid groups (broad SMARTS) is 1. The number of aromatic nitrogens is 4. The highest BCUT2D eigenvalue weighted by atomic mass is 16.6. The topological polar surface area (TPSA) is 119 Å². The number of H-pyrrole nitrogens is 1. The summed E-state index contributed by atoms with van der Waals surface area (Å²) in [4.78, 5) is 30.0. The summed E-state index contributed by atoms with van der Waals surface area (Å²) >= 11 is 0. The van der Waals surface area contributed by atoms with Crippen molar-refractivity contribution in [2.45, 2.75) is 0 Å². The fraction of sp³-hybridized carbons (Fsp3) is 0.143. The molecule has 0 aliphatic carbocycles. The molecule has 0 atom stereocenters. The number of fused-ring (bicyclic) bond motifs is 2. The molecule has 0 saturated heterocycles. The third-order valence-electron chi connectivity index (χ3n) is 3.40. The van der Waals surface area contributed by atoms with Crippen molar-refractivity contribution in [1.29, 1.82) is 0 Å². The Morgan fingerprint density at radius 2 is 2.00 bits per heavy atom. The molecule has 0 saturated carbocycles. The third kappa shape index (κ3) is 2.18. The van der Waals surface area contributed by atoms with Crippen LogP contribution in [0.4, 0.5) is 0 Å². The number of nitrogens with zero attached hydrogens (tertiary/aromatic N) is 3. The van der Waals surface area contributed by atoms with Crippen LogP contribution >= 0.6 is 0 Å². The number of aromatic carboxylic acids is 1. The maximum absolute atomic E-state index is 12.2. The fourth-order valence-electron chi connectivity index (χ4n) is 2.32. The first-order valence-corrected chi connectivity index (χ1v) is 6.74. The lowest BCUT2D eigenvalue weighted by atomic mass is 10.2. The Hall–Kier alpha value is -3.36. The van der Waals surface area contributed by atoms with Gasteiger partial charge in [-0.15, -0.1) is 0 Å². The molecule has 0 unspecified atom stereocenters. The fourth-order valence-corrected chi connectivity index (χ4v) is 2.32. The third-order valence-corrected chi connectivity index (χ3v) is 3.40. The van der Waals surface area contributed by atoms with E-state index < -0.39 is 5.97 Å². The predicted octanol–water partition coefficient (Wildman–Crippen LogP) is 0.578. The van der Waals surface area contributed by atoms with Gasteiger partial charge in [-0.05, 0) is 6.07 Å². The Morgan fingerprint density at radius 1 is 1.26 bits per heavy atom. The van der Waals surface area contributed by atoms with Crippen molar-refractivity contribution in [2.75, 3.05) is 13.2 Å². The average molecular weight is 314 g/mol. The molecule has 9 nitrogen and oxygen atoms in total. The zero-order valence-electron chi connectivity index (χ0n) is 11.6. The van der Waals surface area contributed by atoms with Crippen molar-refractivity contribution in [1.82, 2.24) is 19.7 Å². The Kier molecular flexibility index (Phi) is 2.80. The number of hydrogen-bond acceptors (Lipinski definition) is 6. The van der Waals surface area contributed by atoms with E-state index in [0.717, 1.165) is 0 Å². The van der Waals surface area contributed by atoms with Gasteiger partial charge < -0.3 is 14.6 Å². The highest BCUT2D eigenvalue weighted by Crippen LogP contribution is 2.32. The lowest BCUT2D eigenvalue weighted by Gasteiger charge is -2.18. The van der Waals surface area contributed by atoms with Gasteiger partial charge in [0.15, 0.2) is 11.5 Å². The van der Waals surface area contributed by atoms with E-state index in [4.69, 9.17) is 14.6 Å². The predicted molar refractivity (Wildman–Crippen MR) is 77.4 cm³/mol. The number of hydrogen-bond donors (Lipinski definition) is 2. The Labute approximate surface area is 128 Å². The molecule has 3 heterocycles. The second-order valence-electron chi connectivity index (χ2n) is 4.88. The standard InChI is InChI=1S/C14H10N4O5/c19-12-8-3-10-11(23-2-1-22-10)4-9(8)16-14(17-12)18-6-7(5-15-18)13(20)21/h3-6H,1-2H2,(H,20,21)(H,16,17,19). The zero-order chi connectivity index (χ0) is 16.0. The van der Waals surface area contributed by atoms with Gasteiger partial charge in [0.2, 0.25) is 5.95 Å². The van der Waals surface area contributed by atoms with Crippen LogP contribution in [-0.2, 0) is 0 Å². The van der Waals surface area contributed by atoms with Crippen LogP contribution in [0, 0.1) is 0 Å². The van der Waals surface area contributed by atoms with Gasteiger partial charge in [-0.25, -0.2) is 14.5 Å². The van der Waals surface area contributed by atoms with Gasteiger partial charge in [0.05, 0.1) is 22.7 Å². The van der Waals surface area contributed by atoms with Crippen LogP contribution in [0.2, 0.25) is 0 Å². The lowest BCUT2D eigenvalue weighted by Crippen LogP contribution is -2.17. The minimum absolute atomic E-state index is 0.00470. The second kappa shape index (κ2) is 4.83. The number of benzene rings is 1. The summed E-state index contributed by atoms with van der Waals surface area (Å²) in [7, 11) is 0. The molecule has 0 bridgehead atoms. The van der Waals surface area contributed by atoms with Crippen LogP contribution in [0.25, 0.3) is 16.9 Å². The molecule has 3 aromatic rings. The quantitative estimate of drug-likeness (QED) is 0.710. The molecule has 0 radical (unpaired) electrons. The van der Waals surface area contributed by atoms with Crippen LogP contribution in [-0.4, -0.2) is 44.0 Å². The highest BCUT2D eigenvalue weighted by molar-refractivity contribution is 5.87. The molecule has 0 spiro atoms. The van der Waals surface area contributed by atoms with Crippen molar-refractivity contribution in [3.05, 3.63) is 40.4 Å². The number of carboxylic acids is 1. The molecule has 4 rings (SSSR count). The second-order valence-corrected chi connectivity index (χ2v) is 4.88. The van der Waals surface area contributed by atoms with Crippen molar-refractivity contribution in [3.63, 3.8) is 0 Å². The van der Waals surface area contributed by atoms with Crippen LogP contribution in [0.3, 0.4) is 0 Å². The molecule has 2 N–H and O–H groups in total. The first-order valence-electron chi connectivity index (χ1n) is 6.74. The molecule has 23 heavy (non-hydrogen) atoms. The Balaban J connectivity index is 1.88. The summed E-state index contributed by atoms with van der Waals surface area (Å²) in [5, 5.41) is 13.2. The molecule has 1 aliphatic rings. The van der Waals surface area contributed by atoms with Gasteiger partial charge in [-0.3, -0.25) is 9.78 Å². The van der Waals surface area contributed by atoms with Crippen LogP contribution in [0.5, 0.6) is 11.5 Å². The van der Waals surface area contributed by atoms with Crippen molar-refractivity contribution >= 4 is 16.9 Å². The van der Waals surface area contributed by atoms with E-state index in [-0.39, 0.29) is 17.1 Å². The van der Waals surface area contributed by atoms with Crippen LogP contribution in [0.1, 0.15) is 10.4 Å². The number of carbonyl (C=O) groups is 1. The van der Waals surface area contributed by atoms with E-state index in [1.807, 2.05) is 0 Å². The van der Waals surface area contributed by atoms with E-state index in [1.54, 1.807) is 12.1 Å². The average Bonchev–Trinajstić information content (AvgIpc) is 3.03. The molecule has 1 aliphatic heterocycles. The molecule has 9 heteroatoms. The number of ether oxygens (including phenoxy) is 2. The molecular weight excluding hydrogens is 304 g/mol. The summed E-state index contributed by atoms with van der Waals surface area (Å²) in [5.41, 5.74) is 0.0182. The van der Waals surface area contributed by atoms with Gasteiger partial charge in [-0.2, -0.15) is 5.10 Å². The minimum atomic E-state index is -1.11. The molecule has 1 aromatic carbocycles. The maximum Gasteiger partial charge on any atom is 0.338 e. The van der Waals surface area contributed by atoms with Crippen LogP contribution < -0.4 is 15.0 Å². The normalized spacial score (nSPS) is 13.2. The van der Waals surface area contributed by atoms with Gasteiger partial charge in [0.25, 0.3) is 5.56 Å². The van der Waals surface area contributed by atoms with Crippen molar-refractivity contribution in [3.8, 4) is 17.4 Å². The maximum atomic E-state index is 12.2. The number of rotatable bonds is 2. The summed E-state index contributed by atoms with van der Waals surface area (Å²) < 4.78 is 12.1. The summed E-state index contributed by atoms with van der Waals surface area (Å²) in [6.45, 7) is 0.850. The van der Waals surface area contributed by atoms with Crippen LogP contribution in [0.15, 0.2) is 29.3 Å². The van der Waals surface area contributed by atoms with E-state index in [0.29, 0.717) is 35.6 Å². The summed E-state index contributed by atoms with van der Waals surface area (Å²) in [6.07, 6.45) is 2.45. The van der Waals surface area contributed by atoms with Gasteiger partial charge in [0, 0.05) is 12.3 Å². The monoisotopic (exact) mass is 314 g/mol. The molecule has 2 aromatic heterocycles. The van der Waals surface area contributed by atoms with Gasteiger partial charge >= 0.3 is 5.97 Å². The SMILES string of the molecule is O=C(O)c1cnn(-c2nc3cc4c(cc3c(=O)[nH]2)OCCO4)c1. The van der Waals surface area contributed by atoms with E-state index in [9.17, 15) is 9.59 Å². The smallest absolute Gasteiger partial charge is 0.338 e. The number of nitrogens with one attached hydrogen (secondary N) is 1. The zero-order valence-corrected chi connectivity index (χ0v) is 11.6. The molecular formula is C14H10N4O5. The van der Waals surface area contributed by atoms with Crippen molar-refractivity contribution < 1.29 is 19.4 Å². The van der Waals surface area contributed by atoms with E-state index >= 15 is 0 Å². The molecule has 0 amide bonds. The molecule has 0 fully saturated rings. The number of aromatic amines is 1. The largest absolute Gasteiger partial charge is 0.486 e. The first kappa shape index (κ1) is 13.3.